The normalized spacial score (nSPS) is 25.7. The number of rotatable bonds is 4. The fraction of sp³-hybridized carbons (Fsp3) is 0.769. The molecule has 2 fully saturated rings. The van der Waals surface area contributed by atoms with Crippen LogP contribution in [0.1, 0.15) is 25.5 Å². The summed E-state index contributed by atoms with van der Waals surface area (Å²) in [5.74, 6) is 0. The van der Waals surface area contributed by atoms with Crippen LogP contribution in [-0.2, 0) is 6.54 Å². The van der Waals surface area contributed by atoms with Crippen molar-refractivity contribution in [1.82, 2.24) is 15.2 Å². The SMILES string of the molecule is CC1CN(c2nc(CNC3CC3)cs2)CCN1C. The average Bonchev–Trinajstić information content (AvgIpc) is 3.08. The summed E-state index contributed by atoms with van der Waals surface area (Å²) in [4.78, 5) is 9.60. The van der Waals surface area contributed by atoms with E-state index >= 15 is 0 Å². The molecule has 1 saturated carbocycles. The summed E-state index contributed by atoms with van der Waals surface area (Å²) >= 11 is 1.79. The number of hydrogen-bond donors (Lipinski definition) is 1. The lowest BCUT2D eigenvalue weighted by molar-refractivity contribution is 0.234. The van der Waals surface area contributed by atoms with Gasteiger partial charge in [-0.1, -0.05) is 0 Å². The van der Waals surface area contributed by atoms with Gasteiger partial charge in [-0.25, -0.2) is 4.98 Å². The smallest absolute Gasteiger partial charge is 0.185 e. The van der Waals surface area contributed by atoms with E-state index in [1.807, 2.05) is 0 Å². The number of thiazole rings is 1. The lowest BCUT2D eigenvalue weighted by Gasteiger charge is -2.37. The lowest BCUT2D eigenvalue weighted by atomic mass is 10.2. The maximum atomic E-state index is 4.76. The highest BCUT2D eigenvalue weighted by Gasteiger charge is 2.23. The summed E-state index contributed by atoms with van der Waals surface area (Å²) in [5.41, 5.74) is 1.20. The van der Waals surface area contributed by atoms with Gasteiger partial charge in [-0.05, 0) is 26.8 Å². The third-order valence-electron chi connectivity index (χ3n) is 3.92. The summed E-state index contributed by atoms with van der Waals surface area (Å²) in [7, 11) is 2.20. The summed E-state index contributed by atoms with van der Waals surface area (Å²) in [6.07, 6.45) is 2.68. The largest absolute Gasteiger partial charge is 0.345 e. The predicted octanol–water partition coefficient (Wildman–Crippen LogP) is 1.54. The summed E-state index contributed by atoms with van der Waals surface area (Å²) in [6.45, 7) is 6.56. The molecule has 18 heavy (non-hydrogen) atoms. The second-order valence-corrected chi connectivity index (χ2v) is 6.39. The van der Waals surface area contributed by atoms with Crippen LogP contribution in [0.3, 0.4) is 0 Å². The zero-order valence-electron chi connectivity index (χ0n) is 11.2. The molecule has 1 aromatic heterocycles. The van der Waals surface area contributed by atoms with E-state index in [-0.39, 0.29) is 0 Å². The van der Waals surface area contributed by atoms with Crippen molar-refractivity contribution >= 4 is 16.5 Å². The van der Waals surface area contributed by atoms with Crippen molar-refractivity contribution in [2.45, 2.75) is 38.4 Å². The number of aromatic nitrogens is 1. The van der Waals surface area contributed by atoms with Crippen molar-refractivity contribution in [2.24, 2.45) is 0 Å². The van der Waals surface area contributed by atoms with Crippen molar-refractivity contribution in [3.05, 3.63) is 11.1 Å². The third-order valence-corrected chi connectivity index (χ3v) is 4.87. The van der Waals surface area contributed by atoms with Crippen LogP contribution < -0.4 is 10.2 Å². The first-order chi connectivity index (χ1) is 8.72. The minimum absolute atomic E-state index is 0.621. The van der Waals surface area contributed by atoms with Crippen LogP contribution in [0.2, 0.25) is 0 Å². The fourth-order valence-electron chi connectivity index (χ4n) is 2.28. The van der Waals surface area contributed by atoms with E-state index in [1.165, 1.54) is 23.7 Å². The van der Waals surface area contributed by atoms with E-state index < -0.39 is 0 Å². The molecule has 2 aliphatic rings. The quantitative estimate of drug-likeness (QED) is 0.896. The van der Waals surface area contributed by atoms with E-state index in [2.05, 4.69) is 34.5 Å². The highest BCUT2D eigenvalue weighted by molar-refractivity contribution is 7.13. The number of piperazine rings is 1. The van der Waals surface area contributed by atoms with Gasteiger partial charge < -0.3 is 15.1 Å². The molecule has 1 aromatic rings. The van der Waals surface area contributed by atoms with Crippen molar-refractivity contribution < 1.29 is 0 Å². The molecule has 0 amide bonds. The molecular weight excluding hydrogens is 244 g/mol. The molecule has 4 nitrogen and oxygen atoms in total. The van der Waals surface area contributed by atoms with E-state index in [9.17, 15) is 0 Å². The molecule has 3 rings (SSSR count). The molecule has 0 spiro atoms. The minimum Gasteiger partial charge on any atom is -0.345 e. The molecule has 100 valence electrons. The Bertz CT molecular complexity index is 401. The van der Waals surface area contributed by atoms with Crippen molar-refractivity contribution in [2.75, 3.05) is 31.6 Å². The van der Waals surface area contributed by atoms with Crippen LogP contribution >= 0.6 is 11.3 Å². The summed E-state index contributed by atoms with van der Waals surface area (Å²) < 4.78 is 0. The molecule has 0 bridgehead atoms. The minimum atomic E-state index is 0.621. The van der Waals surface area contributed by atoms with Gasteiger partial charge in [-0.2, -0.15) is 0 Å². The Balaban J connectivity index is 1.58. The average molecular weight is 266 g/mol. The van der Waals surface area contributed by atoms with Crippen molar-refractivity contribution in [1.29, 1.82) is 0 Å². The van der Waals surface area contributed by atoms with Crippen LogP contribution in [0, 0.1) is 0 Å². The number of hydrogen-bond acceptors (Lipinski definition) is 5. The summed E-state index contributed by atoms with van der Waals surface area (Å²) in [5, 5.41) is 6.92. The second-order valence-electron chi connectivity index (χ2n) is 5.55. The molecular formula is C13H22N4S. The van der Waals surface area contributed by atoms with E-state index in [1.54, 1.807) is 11.3 Å². The zero-order chi connectivity index (χ0) is 12.5. The van der Waals surface area contributed by atoms with Gasteiger partial charge >= 0.3 is 0 Å². The topological polar surface area (TPSA) is 31.4 Å². The molecule has 2 heterocycles. The van der Waals surface area contributed by atoms with Gasteiger partial charge in [0.1, 0.15) is 0 Å². The van der Waals surface area contributed by atoms with Crippen LogP contribution in [0.4, 0.5) is 5.13 Å². The van der Waals surface area contributed by atoms with Gasteiger partial charge in [0.15, 0.2) is 5.13 Å². The van der Waals surface area contributed by atoms with Crippen LogP contribution in [0.5, 0.6) is 0 Å². The monoisotopic (exact) mass is 266 g/mol. The number of nitrogens with one attached hydrogen (secondary N) is 1. The Morgan fingerprint density at radius 3 is 3.00 bits per heavy atom. The number of anilines is 1. The fourth-order valence-corrected chi connectivity index (χ4v) is 3.14. The molecule has 1 saturated heterocycles. The van der Waals surface area contributed by atoms with Crippen LogP contribution in [-0.4, -0.2) is 48.6 Å². The Morgan fingerprint density at radius 1 is 1.44 bits per heavy atom. The molecule has 1 N–H and O–H groups in total. The first-order valence-corrected chi connectivity index (χ1v) is 7.73. The third kappa shape index (κ3) is 2.84. The summed E-state index contributed by atoms with van der Waals surface area (Å²) in [6, 6.07) is 1.38. The molecule has 1 atom stereocenters. The van der Waals surface area contributed by atoms with E-state index in [4.69, 9.17) is 4.98 Å². The first kappa shape index (κ1) is 12.4. The molecule has 5 heteroatoms. The molecule has 1 aliphatic carbocycles. The highest BCUT2D eigenvalue weighted by atomic mass is 32.1. The van der Waals surface area contributed by atoms with Crippen molar-refractivity contribution in [3.8, 4) is 0 Å². The van der Waals surface area contributed by atoms with Gasteiger partial charge in [0, 0.05) is 43.6 Å². The van der Waals surface area contributed by atoms with Crippen LogP contribution in [0.15, 0.2) is 5.38 Å². The van der Waals surface area contributed by atoms with Gasteiger partial charge in [0.25, 0.3) is 0 Å². The van der Waals surface area contributed by atoms with E-state index in [0.717, 1.165) is 32.2 Å². The Kier molecular flexibility index (Phi) is 3.54. The van der Waals surface area contributed by atoms with Gasteiger partial charge in [0.05, 0.1) is 5.69 Å². The Hall–Kier alpha value is -0.650. The number of likely N-dealkylation sites (N-methyl/N-ethyl adjacent to an activating group) is 1. The lowest BCUT2D eigenvalue weighted by Crippen LogP contribution is -2.50. The Morgan fingerprint density at radius 2 is 2.28 bits per heavy atom. The highest BCUT2D eigenvalue weighted by Crippen LogP contribution is 2.24. The second kappa shape index (κ2) is 5.15. The van der Waals surface area contributed by atoms with E-state index in [0.29, 0.717) is 6.04 Å². The van der Waals surface area contributed by atoms with Gasteiger partial charge in [-0.15, -0.1) is 11.3 Å². The van der Waals surface area contributed by atoms with Gasteiger partial charge in [-0.3, -0.25) is 0 Å². The molecule has 0 radical (unpaired) electrons. The molecule has 0 aromatic carbocycles. The number of nitrogens with zero attached hydrogens (tertiary/aromatic N) is 3. The van der Waals surface area contributed by atoms with Gasteiger partial charge in [0.2, 0.25) is 0 Å². The predicted molar refractivity (Wildman–Crippen MR) is 76.3 cm³/mol. The standard InChI is InChI=1S/C13H22N4S/c1-10-8-17(6-5-16(10)2)13-15-12(9-18-13)7-14-11-3-4-11/h9-11,14H,3-8H2,1-2H3. The maximum absolute atomic E-state index is 4.76. The Labute approximate surface area is 113 Å². The maximum Gasteiger partial charge on any atom is 0.185 e. The van der Waals surface area contributed by atoms with Crippen LogP contribution in [0.25, 0.3) is 0 Å². The molecule has 1 unspecified atom stereocenters. The first-order valence-electron chi connectivity index (χ1n) is 6.85. The zero-order valence-corrected chi connectivity index (χ0v) is 12.0. The van der Waals surface area contributed by atoms with Crippen molar-refractivity contribution in [3.63, 3.8) is 0 Å². The molecule has 1 aliphatic heterocycles.